The molecule has 2 aliphatic rings. The summed E-state index contributed by atoms with van der Waals surface area (Å²) >= 11 is 0. The molecular weight excluding hydrogens is 282 g/mol. The van der Waals surface area contributed by atoms with Crippen molar-refractivity contribution >= 4 is 12.0 Å². The zero-order chi connectivity index (χ0) is 15.9. The molecule has 0 atom stereocenters. The topological polar surface area (TPSA) is 58.6 Å². The fraction of sp³-hybridized carbons (Fsp3) is 0.857. The minimum absolute atomic E-state index is 0.118. The molecule has 0 saturated carbocycles. The summed E-state index contributed by atoms with van der Waals surface area (Å²) in [4.78, 5) is 24.8. The number of ether oxygens (including phenoxy) is 1. The second-order valence-electron chi connectivity index (χ2n) is 6.83. The van der Waals surface area contributed by atoms with E-state index in [1.807, 2.05) is 0 Å². The maximum absolute atomic E-state index is 14.2. The van der Waals surface area contributed by atoms with Crippen LogP contribution in [0.4, 0.5) is 13.6 Å². The van der Waals surface area contributed by atoms with Crippen LogP contribution in [-0.4, -0.2) is 48.1 Å². The lowest BCUT2D eigenvalue weighted by Crippen LogP contribution is -2.61. The Labute approximate surface area is 123 Å². The zero-order valence-corrected chi connectivity index (χ0v) is 12.7. The molecule has 0 bridgehead atoms. The zero-order valence-electron chi connectivity index (χ0n) is 12.7. The van der Waals surface area contributed by atoms with Crippen molar-refractivity contribution < 1.29 is 23.1 Å². The van der Waals surface area contributed by atoms with E-state index in [1.165, 1.54) is 4.90 Å². The van der Waals surface area contributed by atoms with Gasteiger partial charge in [-0.1, -0.05) is 0 Å². The molecule has 5 nitrogen and oxygen atoms in total. The highest BCUT2D eigenvalue weighted by atomic mass is 19.3. The summed E-state index contributed by atoms with van der Waals surface area (Å²) in [7, 11) is 0. The first-order chi connectivity index (χ1) is 9.57. The number of nitrogens with one attached hydrogen (secondary N) is 1. The van der Waals surface area contributed by atoms with Crippen LogP contribution in [0.2, 0.25) is 0 Å². The lowest BCUT2D eigenvalue weighted by Gasteiger charge is -2.47. The molecule has 0 radical (unpaired) electrons. The van der Waals surface area contributed by atoms with Crippen LogP contribution >= 0.6 is 0 Å². The Morgan fingerprint density at radius 2 is 1.81 bits per heavy atom. The highest BCUT2D eigenvalue weighted by Gasteiger charge is 2.61. The summed E-state index contributed by atoms with van der Waals surface area (Å²) in [5.41, 5.74) is -1.94. The Hall–Kier alpha value is -1.40. The molecular formula is C14H22F2N2O3. The van der Waals surface area contributed by atoms with Crippen molar-refractivity contribution in [2.24, 2.45) is 5.41 Å². The number of alkyl halides is 2. The molecule has 120 valence electrons. The third-order valence-electron chi connectivity index (χ3n) is 4.21. The van der Waals surface area contributed by atoms with Crippen molar-refractivity contribution in [1.29, 1.82) is 0 Å². The molecule has 2 heterocycles. The maximum Gasteiger partial charge on any atom is 0.410 e. The van der Waals surface area contributed by atoms with E-state index >= 15 is 0 Å². The average molecular weight is 304 g/mol. The monoisotopic (exact) mass is 304 g/mol. The van der Waals surface area contributed by atoms with Crippen LogP contribution in [0.15, 0.2) is 0 Å². The number of hydrogen-bond donors (Lipinski definition) is 1. The summed E-state index contributed by atoms with van der Waals surface area (Å²) in [5, 5.41) is 2.21. The molecule has 1 N–H and O–H groups in total. The van der Waals surface area contributed by atoms with E-state index in [1.54, 1.807) is 20.8 Å². The minimum atomic E-state index is -3.37. The van der Waals surface area contributed by atoms with Gasteiger partial charge in [0.25, 0.3) is 5.91 Å². The number of amides is 2. The van der Waals surface area contributed by atoms with Crippen LogP contribution < -0.4 is 5.32 Å². The smallest absolute Gasteiger partial charge is 0.410 e. The first-order valence-corrected chi connectivity index (χ1v) is 7.21. The van der Waals surface area contributed by atoms with Crippen molar-refractivity contribution in [1.82, 2.24) is 10.2 Å². The molecule has 2 rings (SSSR count). The Kier molecular flexibility index (Phi) is 3.88. The highest BCUT2D eigenvalue weighted by Crippen LogP contribution is 2.49. The molecule has 0 aromatic heterocycles. The van der Waals surface area contributed by atoms with Crippen LogP contribution in [-0.2, 0) is 9.53 Å². The third kappa shape index (κ3) is 2.96. The summed E-state index contributed by atoms with van der Waals surface area (Å²) in [6.07, 6.45) is -0.00586. The van der Waals surface area contributed by atoms with E-state index in [4.69, 9.17) is 4.74 Å². The Balaban J connectivity index is 2.02. The molecule has 21 heavy (non-hydrogen) atoms. The van der Waals surface area contributed by atoms with Crippen LogP contribution in [0.1, 0.15) is 40.0 Å². The molecule has 2 amide bonds. The second kappa shape index (κ2) is 5.10. The van der Waals surface area contributed by atoms with E-state index < -0.39 is 28.9 Å². The number of rotatable bonds is 0. The fourth-order valence-corrected chi connectivity index (χ4v) is 2.93. The maximum atomic E-state index is 14.2. The number of likely N-dealkylation sites (tertiary alicyclic amines) is 1. The van der Waals surface area contributed by atoms with Crippen LogP contribution in [0.3, 0.4) is 0 Å². The number of carbonyl (C=O) groups is 2. The summed E-state index contributed by atoms with van der Waals surface area (Å²) in [6.45, 7) is 5.93. The van der Waals surface area contributed by atoms with Gasteiger partial charge in [0.2, 0.25) is 0 Å². The standard InChI is InChI=1S/C14H22F2N2O3/c1-12(2,3)21-11(20)18-8-5-13(6-9-18)4-7-17-10(19)14(13,15)16/h4-9H2,1-3H3,(H,17,19). The average Bonchev–Trinajstić information content (AvgIpc) is 2.35. The lowest BCUT2D eigenvalue weighted by atomic mass is 9.68. The highest BCUT2D eigenvalue weighted by molar-refractivity contribution is 5.85. The van der Waals surface area contributed by atoms with Crippen LogP contribution in [0, 0.1) is 5.41 Å². The molecule has 7 heteroatoms. The van der Waals surface area contributed by atoms with Crippen molar-refractivity contribution in [2.75, 3.05) is 19.6 Å². The van der Waals surface area contributed by atoms with Gasteiger partial charge in [0.05, 0.1) is 0 Å². The normalized spacial score (nSPS) is 24.6. The van der Waals surface area contributed by atoms with Crippen molar-refractivity contribution in [3.8, 4) is 0 Å². The Morgan fingerprint density at radius 1 is 1.24 bits per heavy atom. The van der Waals surface area contributed by atoms with E-state index in [2.05, 4.69) is 5.32 Å². The number of piperidine rings is 2. The first-order valence-electron chi connectivity index (χ1n) is 7.21. The van der Waals surface area contributed by atoms with Gasteiger partial charge in [-0.15, -0.1) is 0 Å². The van der Waals surface area contributed by atoms with E-state index in [9.17, 15) is 18.4 Å². The van der Waals surface area contributed by atoms with Crippen molar-refractivity contribution in [2.45, 2.75) is 51.6 Å². The summed E-state index contributed by atoms with van der Waals surface area (Å²) in [6, 6.07) is 0. The van der Waals surface area contributed by atoms with Crippen molar-refractivity contribution in [3.05, 3.63) is 0 Å². The lowest BCUT2D eigenvalue weighted by molar-refractivity contribution is -0.185. The predicted octanol–water partition coefficient (Wildman–Crippen LogP) is 2.16. The SMILES string of the molecule is CC(C)(C)OC(=O)N1CCC2(CCNC(=O)C2(F)F)CC1. The van der Waals surface area contributed by atoms with Gasteiger partial charge >= 0.3 is 12.0 Å². The molecule has 0 aromatic rings. The van der Waals surface area contributed by atoms with Gasteiger partial charge in [0.15, 0.2) is 0 Å². The largest absolute Gasteiger partial charge is 0.444 e. The van der Waals surface area contributed by atoms with E-state index in [0.717, 1.165) is 0 Å². The van der Waals surface area contributed by atoms with Gasteiger partial charge in [-0.3, -0.25) is 4.79 Å². The Bertz CT molecular complexity index is 438. The van der Waals surface area contributed by atoms with Crippen molar-refractivity contribution in [3.63, 3.8) is 0 Å². The minimum Gasteiger partial charge on any atom is -0.444 e. The second-order valence-corrected chi connectivity index (χ2v) is 6.83. The van der Waals surface area contributed by atoms with Gasteiger partial charge in [-0.25, -0.2) is 4.79 Å². The number of nitrogens with zero attached hydrogens (tertiary/aromatic N) is 1. The molecule has 2 aliphatic heterocycles. The molecule has 2 fully saturated rings. The summed E-state index contributed by atoms with van der Waals surface area (Å²) in [5.74, 6) is -4.56. The number of halogens is 2. The van der Waals surface area contributed by atoms with Crippen LogP contribution in [0.25, 0.3) is 0 Å². The predicted molar refractivity (Wildman–Crippen MR) is 72.0 cm³/mol. The molecule has 0 aliphatic carbocycles. The van der Waals surface area contributed by atoms with E-state index in [-0.39, 0.29) is 38.9 Å². The molecule has 0 aromatic carbocycles. The van der Waals surface area contributed by atoms with E-state index in [0.29, 0.717) is 0 Å². The fourth-order valence-electron chi connectivity index (χ4n) is 2.93. The first kappa shape index (κ1) is 16.0. The van der Waals surface area contributed by atoms with Gasteiger partial charge in [-0.05, 0) is 40.0 Å². The quantitative estimate of drug-likeness (QED) is 0.746. The van der Waals surface area contributed by atoms with Gasteiger partial charge in [0.1, 0.15) is 5.60 Å². The summed E-state index contributed by atoms with van der Waals surface area (Å²) < 4.78 is 33.6. The van der Waals surface area contributed by atoms with Gasteiger partial charge < -0.3 is 15.0 Å². The molecule has 0 unspecified atom stereocenters. The Morgan fingerprint density at radius 3 is 2.33 bits per heavy atom. The van der Waals surface area contributed by atoms with Gasteiger partial charge in [0, 0.05) is 25.0 Å². The molecule has 1 spiro atoms. The molecule has 2 saturated heterocycles. The third-order valence-corrected chi connectivity index (χ3v) is 4.21. The number of carbonyl (C=O) groups excluding carboxylic acids is 2. The van der Waals surface area contributed by atoms with Gasteiger partial charge in [-0.2, -0.15) is 8.78 Å². The number of hydrogen-bond acceptors (Lipinski definition) is 3. The van der Waals surface area contributed by atoms with Crippen LogP contribution in [0.5, 0.6) is 0 Å².